The second-order valence-electron chi connectivity index (χ2n) is 6.99. The third-order valence-electron chi connectivity index (χ3n) is 4.80. The number of amides is 1. The van der Waals surface area contributed by atoms with Crippen molar-refractivity contribution < 1.29 is 13.2 Å². The first-order valence-electron chi connectivity index (χ1n) is 9.13. The van der Waals surface area contributed by atoms with Gasteiger partial charge in [-0.15, -0.1) is 24.8 Å². The molecule has 1 aliphatic heterocycles. The number of halogens is 2. The van der Waals surface area contributed by atoms with E-state index in [2.05, 4.69) is 17.1 Å². The van der Waals surface area contributed by atoms with Crippen LogP contribution in [-0.4, -0.2) is 61.8 Å². The van der Waals surface area contributed by atoms with E-state index < -0.39 is 15.6 Å². The number of nitrogens with two attached hydrogens (primary N) is 1. The van der Waals surface area contributed by atoms with Crippen LogP contribution in [0.3, 0.4) is 0 Å². The Labute approximate surface area is 180 Å². The lowest BCUT2D eigenvalue weighted by molar-refractivity contribution is -0.120. The fourth-order valence-corrected chi connectivity index (χ4v) is 4.54. The van der Waals surface area contributed by atoms with E-state index in [1.54, 1.807) is 25.1 Å². The Morgan fingerprint density at radius 3 is 2.32 bits per heavy atom. The van der Waals surface area contributed by atoms with Crippen LogP contribution in [0.4, 0.5) is 5.69 Å². The van der Waals surface area contributed by atoms with Crippen molar-refractivity contribution in [1.82, 2.24) is 9.21 Å². The Kier molecular flexibility index (Phi) is 11.0. The fourth-order valence-electron chi connectivity index (χ4n) is 3.08. The summed E-state index contributed by atoms with van der Waals surface area (Å²) in [6, 6.07) is 6.37. The van der Waals surface area contributed by atoms with Gasteiger partial charge < -0.3 is 16.0 Å². The quantitative estimate of drug-likeness (QED) is 0.658. The predicted molar refractivity (Wildman–Crippen MR) is 118 cm³/mol. The number of rotatable bonds is 7. The predicted octanol–water partition coefficient (Wildman–Crippen LogP) is 2.31. The van der Waals surface area contributed by atoms with E-state index in [9.17, 15) is 13.2 Å². The molecule has 3 N–H and O–H groups in total. The molecule has 162 valence electrons. The number of likely N-dealkylation sites (N-methyl/N-ethyl adjacent to an activating group) is 1. The summed E-state index contributed by atoms with van der Waals surface area (Å²) >= 11 is 0. The standard InChI is InChI=1S/C18H30N4O3S.2ClH/c1-4-9-18(3,19)17(23)20-15-7-6-8-16(14-15)26(24,25)22-12-10-21(5-2)11-13-22;;/h6-8,14H,4-5,9-13,19H2,1-3H3,(H,20,23);2*1H. The molecule has 0 saturated carbocycles. The van der Waals surface area contributed by atoms with E-state index in [0.29, 0.717) is 25.2 Å². The van der Waals surface area contributed by atoms with Gasteiger partial charge in [0.15, 0.2) is 0 Å². The minimum Gasteiger partial charge on any atom is -0.324 e. The average Bonchev–Trinajstić information content (AvgIpc) is 2.62. The van der Waals surface area contributed by atoms with Gasteiger partial charge >= 0.3 is 0 Å². The molecule has 1 aromatic rings. The molecule has 10 heteroatoms. The van der Waals surface area contributed by atoms with Crippen LogP contribution in [0.1, 0.15) is 33.6 Å². The second kappa shape index (κ2) is 11.3. The van der Waals surface area contributed by atoms with Crippen molar-refractivity contribution in [1.29, 1.82) is 0 Å². The molecule has 0 spiro atoms. The lowest BCUT2D eigenvalue weighted by Crippen LogP contribution is -2.48. The molecular formula is C18H32Cl2N4O3S. The van der Waals surface area contributed by atoms with Crippen molar-refractivity contribution in [3.05, 3.63) is 24.3 Å². The summed E-state index contributed by atoms with van der Waals surface area (Å²) in [7, 11) is -3.57. The summed E-state index contributed by atoms with van der Waals surface area (Å²) in [4.78, 5) is 14.8. The maximum atomic E-state index is 12.9. The number of nitrogens with one attached hydrogen (secondary N) is 1. The molecule has 28 heavy (non-hydrogen) atoms. The van der Waals surface area contributed by atoms with E-state index in [1.165, 1.54) is 10.4 Å². The molecule has 1 amide bonds. The topological polar surface area (TPSA) is 95.7 Å². The Hall–Kier alpha value is -0.900. The normalized spacial score (nSPS) is 17.7. The van der Waals surface area contributed by atoms with Gasteiger partial charge in [-0.3, -0.25) is 4.79 Å². The van der Waals surface area contributed by atoms with Crippen LogP contribution < -0.4 is 11.1 Å². The molecule has 0 bridgehead atoms. The smallest absolute Gasteiger partial charge is 0.244 e. The molecule has 1 unspecified atom stereocenters. The van der Waals surface area contributed by atoms with E-state index in [0.717, 1.165) is 26.1 Å². The summed E-state index contributed by atoms with van der Waals surface area (Å²) in [5, 5.41) is 2.74. The molecule has 2 rings (SSSR count). The monoisotopic (exact) mass is 454 g/mol. The SMILES string of the molecule is CCCC(C)(N)C(=O)Nc1cccc(S(=O)(=O)N2CCN(CC)CC2)c1.Cl.Cl. The van der Waals surface area contributed by atoms with Crippen molar-refractivity contribution in [2.24, 2.45) is 5.73 Å². The number of benzene rings is 1. The number of carbonyl (C=O) groups is 1. The minimum absolute atomic E-state index is 0. The maximum absolute atomic E-state index is 12.9. The summed E-state index contributed by atoms with van der Waals surface area (Å²) in [5.74, 6) is -0.314. The summed E-state index contributed by atoms with van der Waals surface area (Å²) in [6.45, 7) is 9.05. The molecular weight excluding hydrogens is 423 g/mol. The molecule has 0 aliphatic carbocycles. The maximum Gasteiger partial charge on any atom is 0.244 e. The van der Waals surface area contributed by atoms with Crippen molar-refractivity contribution in [2.75, 3.05) is 38.0 Å². The molecule has 7 nitrogen and oxygen atoms in total. The number of hydrogen-bond donors (Lipinski definition) is 2. The van der Waals surface area contributed by atoms with Gasteiger partial charge in [-0.1, -0.05) is 26.3 Å². The van der Waals surface area contributed by atoms with Gasteiger partial charge in [0.25, 0.3) is 0 Å². The van der Waals surface area contributed by atoms with E-state index in [1.807, 2.05) is 6.92 Å². The van der Waals surface area contributed by atoms with Gasteiger partial charge in [-0.25, -0.2) is 8.42 Å². The number of nitrogens with zero attached hydrogens (tertiary/aromatic N) is 2. The highest BCUT2D eigenvalue weighted by atomic mass is 35.5. The first-order valence-corrected chi connectivity index (χ1v) is 10.6. The zero-order valence-electron chi connectivity index (χ0n) is 16.7. The lowest BCUT2D eigenvalue weighted by Gasteiger charge is -2.33. The van der Waals surface area contributed by atoms with Gasteiger partial charge in [0, 0.05) is 31.9 Å². The van der Waals surface area contributed by atoms with Gasteiger partial charge in [0.05, 0.1) is 10.4 Å². The minimum atomic E-state index is -3.57. The van der Waals surface area contributed by atoms with Crippen molar-refractivity contribution in [3.63, 3.8) is 0 Å². The molecule has 1 aliphatic rings. The molecule has 1 fully saturated rings. The molecule has 0 aromatic heterocycles. The van der Waals surface area contributed by atoms with Crippen molar-refractivity contribution >= 4 is 46.4 Å². The van der Waals surface area contributed by atoms with Crippen LogP contribution in [0.15, 0.2) is 29.2 Å². The Balaban J connectivity index is 0.00000364. The summed E-state index contributed by atoms with van der Waals surface area (Å²) in [5.41, 5.74) is 5.50. The highest BCUT2D eigenvalue weighted by Crippen LogP contribution is 2.22. The van der Waals surface area contributed by atoms with Crippen LogP contribution in [0.5, 0.6) is 0 Å². The van der Waals surface area contributed by atoms with E-state index >= 15 is 0 Å². The highest BCUT2D eigenvalue weighted by molar-refractivity contribution is 7.89. The van der Waals surface area contributed by atoms with E-state index in [-0.39, 0.29) is 35.6 Å². The number of sulfonamides is 1. The van der Waals surface area contributed by atoms with Gasteiger partial charge in [-0.2, -0.15) is 4.31 Å². The number of piperazine rings is 1. The zero-order chi connectivity index (χ0) is 19.4. The molecule has 1 heterocycles. The van der Waals surface area contributed by atoms with Gasteiger partial charge in [-0.05, 0) is 38.1 Å². The largest absolute Gasteiger partial charge is 0.324 e. The Morgan fingerprint density at radius 2 is 1.79 bits per heavy atom. The zero-order valence-corrected chi connectivity index (χ0v) is 19.1. The van der Waals surface area contributed by atoms with Gasteiger partial charge in [0.2, 0.25) is 15.9 Å². The molecule has 0 radical (unpaired) electrons. The summed E-state index contributed by atoms with van der Waals surface area (Å²) in [6.07, 6.45) is 1.34. The van der Waals surface area contributed by atoms with E-state index in [4.69, 9.17) is 5.73 Å². The third-order valence-corrected chi connectivity index (χ3v) is 6.69. The number of carbonyl (C=O) groups excluding carboxylic acids is 1. The first-order chi connectivity index (χ1) is 12.2. The van der Waals surface area contributed by atoms with Crippen LogP contribution in [0.2, 0.25) is 0 Å². The lowest BCUT2D eigenvalue weighted by atomic mass is 9.96. The fraction of sp³-hybridized carbons (Fsp3) is 0.611. The van der Waals surface area contributed by atoms with Crippen LogP contribution in [0, 0.1) is 0 Å². The number of hydrogen-bond acceptors (Lipinski definition) is 5. The van der Waals surface area contributed by atoms with Crippen molar-refractivity contribution in [3.8, 4) is 0 Å². The van der Waals surface area contributed by atoms with Crippen LogP contribution >= 0.6 is 24.8 Å². The average molecular weight is 455 g/mol. The van der Waals surface area contributed by atoms with Gasteiger partial charge in [0.1, 0.15) is 0 Å². The Morgan fingerprint density at radius 1 is 1.18 bits per heavy atom. The van der Waals surface area contributed by atoms with Crippen LogP contribution in [0.25, 0.3) is 0 Å². The molecule has 1 atom stereocenters. The summed E-state index contributed by atoms with van der Waals surface area (Å²) < 4.78 is 27.3. The highest BCUT2D eigenvalue weighted by Gasteiger charge is 2.30. The van der Waals surface area contributed by atoms with Crippen molar-refractivity contribution in [2.45, 2.75) is 44.0 Å². The Bertz CT molecular complexity index is 736. The van der Waals surface area contributed by atoms with Crippen LogP contribution in [-0.2, 0) is 14.8 Å². The first kappa shape index (κ1) is 27.1. The molecule has 1 aromatic carbocycles. The second-order valence-corrected chi connectivity index (χ2v) is 8.93. The number of anilines is 1. The molecule has 1 saturated heterocycles. The third kappa shape index (κ3) is 6.57.